The molecule has 2 N–H and O–H groups in total. The SMILES string of the molecule is N#Cc1cccc(NCCCN2CCCCC2CO)n1. The van der Waals surface area contributed by atoms with Crippen molar-refractivity contribution in [2.45, 2.75) is 31.7 Å². The molecule has 5 heteroatoms. The summed E-state index contributed by atoms with van der Waals surface area (Å²) >= 11 is 0. The topological polar surface area (TPSA) is 72.2 Å². The van der Waals surface area contributed by atoms with Gasteiger partial charge in [-0.25, -0.2) is 4.98 Å². The second-order valence-electron chi connectivity index (χ2n) is 5.17. The van der Waals surface area contributed by atoms with Crippen molar-refractivity contribution < 1.29 is 5.11 Å². The summed E-state index contributed by atoms with van der Waals surface area (Å²) in [4.78, 5) is 6.56. The normalized spacial score (nSPS) is 19.5. The van der Waals surface area contributed by atoms with Crippen molar-refractivity contribution in [1.82, 2.24) is 9.88 Å². The van der Waals surface area contributed by atoms with Gasteiger partial charge in [0.1, 0.15) is 17.6 Å². The molecule has 1 aromatic rings. The number of hydrogen-bond acceptors (Lipinski definition) is 5. The lowest BCUT2D eigenvalue weighted by molar-refractivity contribution is 0.0901. The number of aliphatic hydroxyl groups excluding tert-OH is 1. The highest BCUT2D eigenvalue weighted by Crippen LogP contribution is 2.16. The summed E-state index contributed by atoms with van der Waals surface area (Å²) in [6.45, 7) is 3.18. The van der Waals surface area contributed by atoms with Crippen LogP contribution >= 0.6 is 0 Å². The minimum absolute atomic E-state index is 0.263. The van der Waals surface area contributed by atoms with Crippen molar-refractivity contribution in [3.8, 4) is 6.07 Å². The Labute approximate surface area is 120 Å². The molecule has 20 heavy (non-hydrogen) atoms. The van der Waals surface area contributed by atoms with Crippen LogP contribution in [-0.4, -0.2) is 47.3 Å². The Balaban J connectivity index is 1.71. The van der Waals surface area contributed by atoms with Crippen molar-refractivity contribution in [3.63, 3.8) is 0 Å². The maximum atomic E-state index is 9.36. The van der Waals surface area contributed by atoms with Crippen LogP contribution in [0.15, 0.2) is 18.2 Å². The third kappa shape index (κ3) is 4.19. The fraction of sp³-hybridized carbons (Fsp3) is 0.600. The maximum absolute atomic E-state index is 9.36. The summed E-state index contributed by atoms with van der Waals surface area (Å²) in [5.74, 6) is 0.751. The summed E-state index contributed by atoms with van der Waals surface area (Å²) in [6.07, 6.45) is 4.57. The van der Waals surface area contributed by atoms with Gasteiger partial charge in [0, 0.05) is 19.1 Å². The molecular formula is C15H22N4O. The number of pyridine rings is 1. The van der Waals surface area contributed by atoms with E-state index in [9.17, 15) is 5.11 Å². The van der Waals surface area contributed by atoms with Gasteiger partial charge < -0.3 is 10.4 Å². The van der Waals surface area contributed by atoms with E-state index in [-0.39, 0.29) is 6.61 Å². The predicted octanol–water partition coefficient (Wildman–Crippen LogP) is 1.60. The van der Waals surface area contributed by atoms with Crippen molar-refractivity contribution in [2.24, 2.45) is 0 Å². The molecule has 0 saturated carbocycles. The molecule has 1 unspecified atom stereocenters. The second-order valence-corrected chi connectivity index (χ2v) is 5.17. The Hall–Kier alpha value is -1.64. The maximum Gasteiger partial charge on any atom is 0.142 e. The van der Waals surface area contributed by atoms with E-state index in [2.05, 4.69) is 15.2 Å². The van der Waals surface area contributed by atoms with Crippen molar-refractivity contribution in [1.29, 1.82) is 5.26 Å². The molecule has 0 amide bonds. The number of nitrogens with one attached hydrogen (secondary N) is 1. The van der Waals surface area contributed by atoms with Gasteiger partial charge in [0.05, 0.1) is 6.61 Å². The number of nitriles is 1. The summed E-state index contributed by atoms with van der Waals surface area (Å²) < 4.78 is 0. The first-order valence-corrected chi connectivity index (χ1v) is 7.29. The molecule has 2 rings (SSSR count). The van der Waals surface area contributed by atoms with E-state index in [0.29, 0.717) is 11.7 Å². The van der Waals surface area contributed by atoms with Crippen LogP contribution in [0.3, 0.4) is 0 Å². The second kappa shape index (κ2) is 7.83. The van der Waals surface area contributed by atoms with E-state index in [1.165, 1.54) is 12.8 Å². The molecule has 2 heterocycles. The Morgan fingerprint density at radius 3 is 3.15 bits per heavy atom. The molecule has 0 radical (unpaired) electrons. The van der Waals surface area contributed by atoms with Crippen LogP contribution in [0.5, 0.6) is 0 Å². The van der Waals surface area contributed by atoms with E-state index in [0.717, 1.165) is 38.3 Å². The fourth-order valence-electron chi connectivity index (χ4n) is 2.66. The first-order chi connectivity index (χ1) is 9.83. The number of nitrogens with zero attached hydrogens (tertiary/aromatic N) is 3. The Morgan fingerprint density at radius 1 is 1.45 bits per heavy atom. The van der Waals surface area contributed by atoms with Crippen LogP contribution in [0.4, 0.5) is 5.82 Å². The lowest BCUT2D eigenvalue weighted by Crippen LogP contribution is -2.42. The predicted molar refractivity (Wildman–Crippen MR) is 78.4 cm³/mol. The smallest absolute Gasteiger partial charge is 0.142 e. The van der Waals surface area contributed by atoms with Gasteiger partial charge >= 0.3 is 0 Å². The Morgan fingerprint density at radius 2 is 2.35 bits per heavy atom. The van der Waals surface area contributed by atoms with Crippen LogP contribution in [0.2, 0.25) is 0 Å². The van der Waals surface area contributed by atoms with Crippen molar-refractivity contribution >= 4 is 5.82 Å². The molecule has 0 aromatic carbocycles. The molecule has 1 aliphatic heterocycles. The number of rotatable bonds is 6. The standard InChI is InChI=1S/C15H22N4O/c16-11-13-5-3-7-15(18-13)17-8-4-10-19-9-2-1-6-14(19)12-20/h3,5,7,14,20H,1-2,4,6,8-10,12H2,(H,17,18). The molecule has 1 aliphatic rings. The van der Waals surface area contributed by atoms with Crippen LogP contribution in [0.1, 0.15) is 31.4 Å². The molecule has 1 aromatic heterocycles. The average Bonchev–Trinajstić information content (AvgIpc) is 2.52. The first kappa shape index (κ1) is 14.8. The van der Waals surface area contributed by atoms with Gasteiger partial charge in [0.2, 0.25) is 0 Å². The van der Waals surface area contributed by atoms with Gasteiger partial charge in [-0.3, -0.25) is 4.90 Å². The zero-order valence-electron chi connectivity index (χ0n) is 11.8. The highest BCUT2D eigenvalue weighted by Gasteiger charge is 2.20. The number of piperidine rings is 1. The lowest BCUT2D eigenvalue weighted by atomic mass is 10.0. The number of aliphatic hydroxyl groups is 1. The van der Waals surface area contributed by atoms with Crippen LogP contribution in [-0.2, 0) is 0 Å². The summed E-state index contributed by atoms with van der Waals surface area (Å²) in [5, 5.41) is 21.4. The van der Waals surface area contributed by atoms with E-state index >= 15 is 0 Å². The highest BCUT2D eigenvalue weighted by atomic mass is 16.3. The first-order valence-electron chi connectivity index (χ1n) is 7.29. The number of likely N-dealkylation sites (tertiary alicyclic amines) is 1. The summed E-state index contributed by atoms with van der Waals surface area (Å²) in [7, 11) is 0. The number of aromatic nitrogens is 1. The Bertz CT molecular complexity index is 457. The Kier molecular flexibility index (Phi) is 5.78. The lowest BCUT2D eigenvalue weighted by Gasteiger charge is -2.34. The average molecular weight is 274 g/mol. The van der Waals surface area contributed by atoms with Gasteiger partial charge in [-0.15, -0.1) is 0 Å². The van der Waals surface area contributed by atoms with Crippen LogP contribution in [0, 0.1) is 11.3 Å². The summed E-state index contributed by atoms with van der Waals surface area (Å²) in [6, 6.07) is 7.78. The van der Waals surface area contributed by atoms with E-state index in [1.807, 2.05) is 18.2 Å². The van der Waals surface area contributed by atoms with E-state index in [4.69, 9.17) is 5.26 Å². The molecule has 0 aliphatic carbocycles. The molecule has 0 bridgehead atoms. The van der Waals surface area contributed by atoms with Crippen LogP contribution < -0.4 is 5.32 Å². The zero-order chi connectivity index (χ0) is 14.2. The van der Waals surface area contributed by atoms with Crippen molar-refractivity contribution in [3.05, 3.63) is 23.9 Å². The van der Waals surface area contributed by atoms with Gasteiger partial charge in [0.25, 0.3) is 0 Å². The molecule has 108 valence electrons. The van der Waals surface area contributed by atoms with E-state index < -0.39 is 0 Å². The van der Waals surface area contributed by atoms with Crippen molar-refractivity contribution in [2.75, 3.05) is 31.6 Å². The highest BCUT2D eigenvalue weighted by molar-refractivity contribution is 5.38. The number of hydrogen-bond donors (Lipinski definition) is 2. The molecule has 0 spiro atoms. The third-order valence-corrected chi connectivity index (χ3v) is 3.75. The summed E-state index contributed by atoms with van der Waals surface area (Å²) in [5.41, 5.74) is 0.436. The molecule has 1 saturated heterocycles. The molecule has 1 fully saturated rings. The largest absolute Gasteiger partial charge is 0.395 e. The minimum atomic E-state index is 0.263. The van der Waals surface area contributed by atoms with Gasteiger partial charge in [0.15, 0.2) is 0 Å². The number of anilines is 1. The molecule has 1 atom stereocenters. The van der Waals surface area contributed by atoms with Gasteiger partial charge in [-0.1, -0.05) is 12.5 Å². The zero-order valence-corrected chi connectivity index (χ0v) is 11.8. The fourth-order valence-corrected chi connectivity index (χ4v) is 2.66. The minimum Gasteiger partial charge on any atom is -0.395 e. The molecule has 5 nitrogen and oxygen atoms in total. The monoisotopic (exact) mass is 274 g/mol. The molecular weight excluding hydrogens is 252 g/mol. The van der Waals surface area contributed by atoms with Gasteiger partial charge in [-0.05, 0) is 37.9 Å². The van der Waals surface area contributed by atoms with E-state index in [1.54, 1.807) is 6.07 Å². The third-order valence-electron chi connectivity index (χ3n) is 3.75. The van der Waals surface area contributed by atoms with Gasteiger partial charge in [-0.2, -0.15) is 5.26 Å². The van der Waals surface area contributed by atoms with Crippen LogP contribution in [0.25, 0.3) is 0 Å². The quantitative estimate of drug-likeness (QED) is 0.771.